The highest BCUT2D eigenvalue weighted by Gasteiger charge is 2.02. The second kappa shape index (κ2) is 7.30. The van der Waals surface area contributed by atoms with Gasteiger partial charge in [0.2, 0.25) is 0 Å². The van der Waals surface area contributed by atoms with Crippen LogP contribution in [0.4, 0.5) is 0 Å². The zero-order valence-electron chi connectivity index (χ0n) is 11.9. The molecule has 0 unspecified atom stereocenters. The minimum atomic E-state index is 0.753. The average molecular weight is 252 g/mol. The molecule has 0 saturated carbocycles. The van der Waals surface area contributed by atoms with E-state index in [0.717, 1.165) is 28.8 Å². The molecule has 0 aliphatic heterocycles. The van der Waals surface area contributed by atoms with Crippen molar-refractivity contribution in [3.05, 3.63) is 65.1 Å². The summed E-state index contributed by atoms with van der Waals surface area (Å²) in [4.78, 5) is 8.44. The van der Waals surface area contributed by atoms with Crippen molar-refractivity contribution < 1.29 is 0 Å². The monoisotopic (exact) mass is 252 g/mol. The van der Waals surface area contributed by atoms with Crippen LogP contribution in [0.2, 0.25) is 0 Å². The Morgan fingerprint density at radius 2 is 2.05 bits per heavy atom. The van der Waals surface area contributed by atoms with Gasteiger partial charge < -0.3 is 0 Å². The van der Waals surface area contributed by atoms with Crippen LogP contribution in [-0.2, 0) is 0 Å². The Labute approximate surface area is 115 Å². The third kappa shape index (κ3) is 4.53. The maximum absolute atomic E-state index is 4.49. The van der Waals surface area contributed by atoms with Gasteiger partial charge in [0, 0.05) is 30.6 Å². The van der Waals surface area contributed by atoms with Crippen molar-refractivity contribution in [1.82, 2.24) is 0 Å². The van der Waals surface area contributed by atoms with Crippen LogP contribution in [0.1, 0.15) is 20.3 Å². The van der Waals surface area contributed by atoms with Crippen molar-refractivity contribution in [3.63, 3.8) is 0 Å². The number of rotatable bonds is 4. The first-order valence-electron chi connectivity index (χ1n) is 6.19. The van der Waals surface area contributed by atoms with E-state index in [4.69, 9.17) is 0 Å². The maximum atomic E-state index is 4.49. The van der Waals surface area contributed by atoms with Gasteiger partial charge in [-0.3, -0.25) is 9.98 Å². The van der Waals surface area contributed by atoms with E-state index in [1.54, 1.807) is 19.5 Å². The zero-order chi connectivity index (χ0) is 14.3. The summed E-state index contributed by atoms with van der Waals surface area (Å²) in [6.07, 6.45) is 10.7. The van der Waals surface area contributed by atoms with Gasteiger partial charge in [-0.2, -0.15) is 0 Å². The highest BCUT2D eigenvalue weighted by atomic mass is 14.7. The fourth-order valence-electron chi connectivity index (χ4n) is 1.73. The summed E-state index contributed by atoms with van der Waals surface area (Å²) in [7, 11) is 1.71. The van der Waals surface area contributed by atoms with E-state index >= 15 is 0 Å². The molecule has 0 aromatic carbocycles. The molecule has 0 heterocycles. The Morgan fingerprint density at radius 1 is 1.32 bits per heavy atom. The molecular formula is C17H20N2. The molecule has 1 aliphatic rings. The lowest BCUT2D eigenvalue weighted by atomic mass is 10.1. The SMILES string of the molecule is C=C=C(C=NC)C(=C)C=NC1=CCC=C(C)C=C1C. The molecule has 19 heavy (non-hydrogen) atoms. The Balaban J connectivity index is 2.89. The average Bonchev–Trinajstić information content (AvgIpc) is 2.54. The van der Waals surface area contributed by atoms with Gasteiger partial charge in [-0.25, -0.2) is 0 Å². The highest BCUT2D eigenvalue weighted by Crippen LogP contribution is 2.18. The van der Waals surface area contributed by atoms with Gasteiger partial charge in [-0.15, -0.1) is 5.73 Å². The predicted octanol–water partition coefficient (Wildman–Crippen LogP) is 4.21. The molecule has 0 atom stereocenters. The summed E-state index contributed by atoms with van der Waals surface area (Å²) < 4.78 is 0. The van der Waals surface area contributed by atoms with Crippen molar-refractivity contribution >= 4 is 12.4 Å². The first kappa shape index (κ1) is 14.9. The van der Waals surface area contributed by atoms with E-state index < -0.39 is 0 Å². The van der Waals surface area contributed by atoms with Crippen molar-refractivity contribution in [2.24, 2.45) is 9.98 Å². The van der Waals surface area contributed by atoms with Gasteiger partial charge in [-0.05, 0) is 25.8 Å². The minimum Gasteiger partial charge on any atom is -0.295 e. The largest absolute Gasteiger partial charge is 0.295 e. The molecule has 1 rings (SSSR count). The third-order valence-corrected chi connectivity index (χ3v) is 2.75. The lowest BCUT2D eigenvalue weighted by Gasteiger charge is -2.01. The molecule has 2 heteroatoms. The van der Waals surface area contributed by atoms with Gasteiger partial charge in [-0.1, -0.05) is 37.0 Å². The van der Waals surface area contributed by atoms with Crippen LogP contribution in [-0.4, -0.2) is 19.5 Å². The number of aliphatic imine (C=N–C) groups is 2. The normalized spacial score (nSPS) is 15.6. The Hall–Kier alpha value is -2.18. The minimum absolute atomic E-state index is 0.753. The lowest BCUT2D eigenvalue weighted by Crippen LogP contribution is -1.92. The molecular weight excluding hydrogens is 232 g/mol. The Morgan fingerprint density at radius 3 is 2.68 bits per heavy atom. The van der Waals surface area contributed by atoms with Crippen molar-refractivity contribution in [2.45, 2.75) is 20.3 Å². The van der Waals surface area contributed by atoms with E-state index in [1.807, 2.05) is 0 Å². The standard InChI is InChI=1S/C17H20N2/c1-6-16(12-18-5)15(4)11-19-17-9-7-8-13(2)10-14(17)3/h8-12H,1,4,7H2,2-3,5H3. The first-order valence-corrected chi connectivity index (χ1v) is 6.19. The summed E-state index contributed by atoms with van der Waals surface area (Å²) in [5.74, 6) is 0. The van der Waals surface area contributed by atoms with E-state index in [0.29, 0.717) is 0 Å². The molecule has 2 nitrogen and oxygen atoms in total. The molecule has 0 aromatic heterocycles. The summed E-state index contributed by atoms with van der Waals surface area (Å²) in [5, 5.41) is 0. The molecule has 0 fully saturated rings. The van der Waals surface area contributed by atoms with E-state index in [-0.39, 0.29) is 0 Å². The molecule has 0 bridgehead atoms. The van der Waals surface area contributed by atoms with Crippen LogP contribution in [0.3, 0.4) is 0 Å². The van der Waals surface area contributed by atoms with Crippen LogP contribution in [0.5, 0.6) is 0 Å². The molecule has 98 valence electrons. The number of hydrogen-bond acceptors (Lipinski definition) is 2. The second-order valence-electron chi connectivity index (χ2n) is 4.36. The lowest BCUT2D eigenvalue weighted by molar-refractivity contribution is 1.25. The molecule has 0 amide bonds. The van der Waals surface area contributed by atoms with E-state index in [9.17, 15) is 0 Å². The van der Waals surface area contributed by atoms with Gasteiger partial charge >= 0.3 is 0 Å². The third-order valence-electron chi connectivity index (χ3n) is 2.75. The molecule has 0 aromatic rings. The summed E-state index contributed by atoms with van der Waals surface area (Å²) in [6.45, 7) is 11.7. The first-order chi connectivity index (χ1) is 9.08. The van der Waals surface area contributed by atoms with E-state index in [2.05, 4.69) is 60.9 Å². The van der Waals surface area contributed by atoms with E-state index in [1.165, 1.54) is 5.57 Å². The van der Waals surface area contributed by atoms with Crippen LogP contribution < -0.4 is 0 Å². The molecule has 1 aliphatic carbocycles. The summed E-state index contributed by atoms with van der Waals surface area (Å²) in [6, 6.07) is 0. The maximum Gasteiger partial charge on any atom is 0.0622 e. The van der Waals surface area contributed by atoms with Crippen molar-refractivity contribution in [1.29, 1.82) is 0 Å². The van der Waals surface area contributed by atoms with Crippen LogP contribution >= 0.6 is 0 Å². The molecule has 0 spiro atoms. The van der Waals surface area contributed by atoms with Crippen molar-refractivity contribution in [2.75, 3.05) is 7.05 Å². The van der Waals surface area contributed by atoms with Crippen molar-refractivity contribution in [3.8, 4) is 0 Å². The van der Waals surface area contributed by atoms with Gasteiger partial charge in [0.15, 0.2) is 0 Å². The molecule has 0 N–H and O–H groups in total. The number of hydrogen-bond donors (Lipinski definition) is 0. The van der Waals surface area contributed by atoms with Gasteiger partial charge in [0.1, 0.15) is 0 Å². The second-order valence-corrected chi connectivity index (χ2v) is 4.36. The fraction of sp³-hybridized carbons (Fsp3) is 0.235. The molecule has 0 saturated heterocycles. The Kier molecular flexibility index (Phi) is 5.72. The molecule has 0 radical (unpaired) electrons. The smallest absolute Gasteiger partial charge is 0.0622 e. The summed E-state index contributed by atoms with van der Waals surface area (Å²) >= 11 is 0. The quantitative estimate of drug-likeness (QED) is 0.407. The van der Waals surface area contributed by atoms with Crippen LogP contribution in [0.15, 0.2) is 75.1 Å². The topological polar surface area (TPSA) is 24.7 Å². The summed E-state index contributed by atoms with van der Waals surface area (Å²) in [5.41, 5.74) is 7.72. The van der Waals surface area contributed by atoms with Gasteiger partial charge in [0.05, 0.1) is 5.70 Å². The number of nitrogens with zero attached hydrogens (tertiary/aromatic N) is 2. The zero-order valence-corrected chi connectivity index (χ0v) is 11.9. The van der Waals surface area contributed by atoms with Crippen LogP contribution in [0.25, 0.3) is 0 Å². The highest BCUT2D eigenvalue weighted by molar-refractivity contribution is 5.98. The number of allylic oxidation sites excluding steroid dienone is 7. The van der Waals surface area contributed by atoms with Gasteiger partial charge in [0.25, 0.3) is 0 Å². The predicted molar refractivity (Wildman–Crippen MR) is 84.9 cm³/mol. The van der Waals surface area contributed by atoms with Crippen LogP contribution in [0, 0.1) is 0 Å². The Bertz CT molecular complexity index is 560. The fourth-order valence-corrected chi connectivity index (χ4v) is 1.73.